The first kappa shape index (κ1) is 11.7. The van der Waals surface area contributed by atoms with Crippen molar-refractivity contribution in [2.24, 2.45) is 0 Å². The van der Waals surface area contributed by atoms with E-state index in [2.05, 4.69) is 38.2 Å². The van der Waals surface area contributed by atoms with E-state index in [9.17, 15) is 0 Å². The van der Waals surface area contributed by atoms with Crippen LogP contribution in [0.5, 0.6) is 0 Å². The van der Waals surface area contributed by atoms with Crippen LogP contribution in [0.4, 0.5) is 5.95 Å². The van der Waals surface area contributed by atoms with E-state index in [0.717, 1.165) is 31.0 Å². The van der Waals surface area contributed by atoms with Crippen molar-refractivity contribution >= 4 is 5.95 Å². The molecule has 2 heterocycles. The van der Waals surface area contributed by atoms with Gasteiger partial charge in [0.2, 0.25) is 5.95 Å². The minimum absolute atomic E-state index is 0.936. The Balaban J connectivity index is 1.92. The quantitative estimate of drug-likeness (QED) is 0.829. The highest BCUT2D eigenvalue weighted by molar-refractivity contribution is 5.27. The Morgan fingerprint density at radius 3 is 2.88 bits per heavy atom. The summed E-state index contributed by atoms with van der Waals surface area (Å²) in [6, 6.07) is 0. The van der Waals surface area contributed by atoms with Crippen molar-refractivity contribution in [1.82, 2.24) is 19.7 Å². The molecule has 0 aliphatic rings. The van der Waals surface area contributed by atoms with Gasteiger partial charge in [-0.15, -0.1) is 0 Å². The molecule has 0 aromatic carbocycles. The Labute approximate surface area is 101 Å². The molecule has 2 aromatic heterocycles. The van der Waals surface area contributed by atoms with E-state index in [4.69, 9.17) is 0 Å². The summed E-state index contributed by atoms with van der Waals surface area (Å²) in [7, 11) is 1.90. The third-order valence-electron chi connectivity index (χ3n) is 2.90. The van der Waals surface area contributed by atoms with Gasteiger partial charge in [-0.05, 0) is 32.3 Å². The Morgan fingerprint density at radius 2 is 2.24 bits per heavy atom. The average molecular weight is 233 g/mol. The van der Waals surface area contributed by atoms with Crippen LogP contribution in [-0.2, 0) is 13.0 Å². The van der Waals surface area contributed by atoms with Crippen LogP contribution in [0.15, 0.2) is 12.4 Å². The lowest BCUT2D eigenvalue weighted by molar-refractivity contribution is 0.646. The average Bonchev–Trinajstić information content (AvgIpc) is 2.86. The minimum atomic E-state index is 0.936. The van der Waals surface area contributed by atoms with Gasteiger partial charge < -0.3 is 9.88 Å². The molecule has 5 nitrogen and oxygen atoms in total. The third-order valence-corrected chi connectivity index (χ3v) is 2.90. The van der Waals surface area contributed by atoms with Crippen LogP contribution in [0, 0.1) is 13.8 Å². The van der Waals surface area contributed by atoms with Crippen LogP contribution >= 0.6 is 0 Å². The first-order valence-electron chi connectivity index (χ1n) is 5.91. The zero-order valence-electron chi connectivity index (χ0n) is 10.6. The highest BCUT2D eigenvalue weighted by Gasteiger charge is 2.04. The highest BCUT2D eigenvalue weighted by Crippen LogP contribution is 2.11. The number of aryl methyl sites for hydroxylation is 4. The Morgan fingerprint density at radius 1 is 1.41 bits per heavy atom. The Hall–Kier alpha value is -1.78. The summed E-state index contributed by atoms with van der Waals surface area (Å²) in [6.07, 6.45) is 6.12. The first-order chi connectivity index (χ1) is 8.20. The molecule has 0 radical (unpaired) electrons. The highest BCUT2D eigenvalue weighted by atomic mass is 15.2. The molecule has 2 rings (SSSR count). The molecule has 0 atom stereocenters. The molecule has 0 unspecified atom stereocenters. The third kappa shape index (κ3) is 2.67. The minimum Gasteiger partial charge on any atom is -0.359 e. The molecule has 0 aliphatic heterocycles. The van der Waals surface area contributed by atoms with Gasteiger partial charge in [-0.2, -0.15) is 5.10 Å². The molecule has 2 N–H and O–H groups in total. The largest absolute Gasteiger partial charge is 0.359 e. The van der Waals surface area contributed by atoms with Crippen molar-refractivity contribution in [1.29, 1.82) is 0 Å². The van der Waals surface area contributed by atoms with E-state index in [-0.39, 0.29) is 0 Å². The summed E-state index contributed by atoms with van der Waals surface area (Å²) in [5.41, 5.74) is 3.52. The monoisotopic (exact) mass is 233 g/mol. The van der Waals surface area contributed by atoms with Crippen molar-refractivity contribution in [2.45, 2.75) is 33.2 Å². The van der Waals surface area contributed by atoms with E-state index in [1.807, 2.05) is 20.2 Å². The van der Waals surface area contributed by atoms with E-state index in [0.29, 0.717) is 0 Å². The van der Waals surface area contributed by atoms with Crippen molar-refractivity contribution < 1.29 is 0 Å². The summed E-state index contributed by atoms with van der Waals surface area (Å²) < 4.78 is 2.16. The number of hydrogen-bond donors (Lipinski definition) is 2. The number of nitrogens with zero attached hydrogens (tertiary/aromatic N) is 3. The zero-order chi connectivity index (χ0) is 12.3. The lowest BCUT2D eigenvalue weighted by Crippen LogP contribution is -2.04. The zero-order valence-corrected chi connectivity index (χ0v) is 10.6. The van der Waals surface area contributed by atoms with Gasteiger partial charge in [0.05, 0.1) is 11.9 Å². The summed E-state index contributed by atoms with van der Waals surface area (Å²) in [4.78, 5) is 4.40. The van der Waals surface area contributed by atoms with Gasteiger partial charge in [0.1, 0.15) is 0 Å². The summed E-state index contributed by atoms with van der Waals surface area (Å²) in [6.45, 7) is 5.04. The maximum absolute atomic E-state index is 4.40. The van der Waals surface area contributed by atoms with Crippen LogP contribution in [0.3, 0.4) is 0 Å². The second kappa shape index (κ2) is 5.03. The second-order valence-electron chi connectivity index (χ2n) is 4.27. The molecule has 0 saturated heterocycles. The predicted octanol–water partition coefficient (Wildman–Crippen LogP) is 1.90. The lowest BCUT2D eigenvalue weighted by Gasteiger charge is -2.06. The van der Waals surface area contributed by atoms with Gasteiger partial charge in [0.15, 0.2) is 0 Å². The Bertz CT molecular complexity index is 483. The molecule has 0 spiro atoms. The van der Waals surface area contributed by atoms with Crippen LogP contribution < -0.4 is 5.32 Å². The number of anilines is 1. The smallest absolute Gasteiger partial charge is 0.202 e. The van der Waals surface area contributed by atoms with Crippen LogP contribution in [-0.4, -0.2) is 26.8 Å². The maximum Gasteiger partial charge on any atom is 0.202 e. The van der Waals surface area contributed by atoms with Gasteiger partial charge >= 0.3 is 0 Å². The molecule has 0 amide bonds. The normalized spacial score (nSPS) is 10.8. The molecular formula is C12H19N5. The van der Waals surface area contributed by atoms with Gasteiger partial charge in [-0.25, -0.2) is 4.98 Å². The molecule has 0 fully saturated rings. The molecule has 2 aromatic rings. The summed E-state index contributed by atoms with van der Waals surface area (Å²) >= 11 is 0. The predicted molar refractivity (Wildman–Crippen MR) is 68.2 cm³/mol. The van der Waals surface area contributed by atoms with E-state index >= 15 is 0 Å². The first-order valence-corrected chi connectivity index (χ1v) is 5.91. The molecule has 17 heavy (non-hydrogen) atoms. The SMILES string of the molecule is CNc1nc(C)cn1CCCc1cn[nH]c1C. The molecule has 0 bridgehead atoms. The van der Waals surface area contributed by atoms with Gasteiger partial charge in [0, 0.05) is 25.5 Å². The standard InChI is InChI=1S/C12H19N5/c1-9-8-17(12(13-3)15-9)6-4-5-11-7-14-16-10(11)2/h7-8H,4-6H2,1-3H3,(H,13,15)(H,14,16). The molecular weight excluding hydrogens is 214 g/mol. The Kier molecular flexibility index (Phi) is 3.46. The summed E-state index contributed by atoms with van der Waals surface area (Å²) in [5.74, 6) is 0.936. The lowest BCUT2D eigenvalue weighted by atomic mass is 10.1. The van der Waals surface area contributed by atoms with Crippen LogP contribution in [0.2, 0.25) is 0 Å². The number of H-pyrrole nitrogens is 1. The van der Waals surface area contributed by atoms with Crippen LogP contribution in [0.25, 0.3) is 0 Å². The van der Waals surface area contributed by atoms with Gasteiger partial charge in [0.25, 0.3) is 0 Å². The van der Waals surface area contributed by atoms with Crippen molar-refractivity contribution in [3.05, 3.63) is 29.3 Å². The molecule has 0 aliphatic carbocycles. The molecule has 5 heteroatoms. The van der Waals surface area contributed by atoms with Crippen LogP contribution in [0.1, 0.15) is 23.4 Å². The topological polar surface area (TPSA) is 58.5 Å². The fourth-order valence-electron chi connectivity index (χ4n) is 1.98. The number of aromatic amines is 1. The van der Waals surface area contributed by atoms with Gasteiger partial charge in [-0.3, -0.25) is 5.10 Å². The van der Waals surface area contributed by atoms with E-state index < -0.39 is 0 Å². The van der Waals surface area contributed by atoms with Crippen molar-refractivity contribution in [3.8, 4) is 0 Å². The van der Waals surface area contributed by atoms with E-state index in [1.165, 1.54) is 11.3 Å². The second-order valence-corrected chi connectivity index (χ2v) is 4.27. The van der Waals surface area contributed by atoms with Crippen molar-refractivity contribution in [2.75, 3.05) is 12.4 Å². The molecule has 0 saturated carbocycles. The number of hydrogen-bond acceptors (Lipinski definition) is 3. The van der Waals surface area contributed by atoms with Gasteiger partial charge in [-0.1, -0.05) is 0 Å². The number of nitrogens with one attached hydrogen (secondary N) is 2. The fraction of sp³-hybridized carbons (Fsp3) is 0.500. The molecule has 92 valence electrons. The fourth-order valence-corrected chi connectivity index (χ4v) is 1.98. The summed E-state index contributed by atoms with van der Waals surface area (Å²) in [5, 5.41) is 10.1. The maximum atomic E-state index is 4.40. The number of aromatic nitrogens is 4. The number of rotatable bonds is 5. The van der Waals surface area contributed by atoms with Crippen molar-refractivity contribution in [3.63, 3.8) is 0 Å². The number of imidazole rings is 1. The van der Waals surface area contributed by atoms with E-state index in [1.54, 1.807) is 0 Å².